The predicted molar refractivity (Wildman–Crippen MR) is 72.9 cm³/mol. The molecule has 5 nitrogen and oxygen atoms in total. The molecule has 1 aromatic heterocycles. The number of nitrogens with zero attached hydrogens (tertiary/aromatic N) is 3. The third-order valence-electron chi connectivity index (χ3n) is 3.39. The first-order chi connectivity index (χ1) is 9.28. The number of fused-ring (bicyclic) bond motifs is 1. The molecule has 100 valence electrons. The molecule has 0 radical (unpaired) electrons. The third kappa shape index (κ3) is 2.33. The molecule has 1 aromatic carbocycles. The fourth-order valence-corrected chi connectivity index (χ4v) is 2.46. The molecule has 0 spiro atoms. The van der Waals surface area contributed by atoms with Gasteiger partial charge in [0.15, 0.2) is 5.82 Å². The van der Waals surface area contributed by atoms with Crippen molar-refractivity contribution in [1.82, 2.24) is 14.8 Å². The van der Waals surface area contributed by atoms with Crippen molar-refractivity contribution >= 4 is 0 Å². The average molecular weight is 258 g/mol. The standard InChI is InChI=1S/C14H18N4O/c1-2-19-12-5-3-4-10(8-12)14-17-16-13-7-6-11(15)9-18(13)14/h3-5,8,11H,2,6-7,9,15H2,1H3. The van der Waals surface area contributed by atoms with E-state index < -0.39 is 0 Å². The molecule has 2 aromatic rings. The van der Waals surface area contributed by atoms with Gasteiger partial charge in [0.05, 0.1) is 6.61 Å². The number of benzene rings is 1. The van der Waals surface area contributed by atoms with Crippen LogP contribution >= 0.6 is 0 Å². The van der Waals surface area contributed by atoms with Crippen LogP contribution in [0.15, 0.2) is 24.3 Å². The molecular weight excluding hydrogens is 240 g/mol. The van der Waals surface area contributed by atoms with Crippen LogP contribution in [0.2, 0.25) is 0 Å². The predicted octanol–water partition coefficient (Wildman–Crippen LogP) is 1.62. The second-order valence-electron chi connectivity index (χ2n) is 4.81. The minimum atomic E-state index is 0.192. The Morgan fingerprint density at radius 1 is 1.42 bits per heavy atom. The summed E-state index contributed by atoms with van der Waals surface area (Å²) < 4.78 is 7.65. The summed E-state index contributed by atoms with van der Waals surface area (Å²) in [7, 11) is 0. The number of hydrogen-bond acceptors (Lipinski definition) is 4. The van der Waals surface area contributed by atoms with E-state index in [4.69, 9.17) is 10.5 Å². The Kier molecular flexibility index (Phi) is 3.21. The van der Waals surface area contributed by atoms with Crippen LogP contribution in [0.5, 0.6) is 5.75 Å². The molecule has 2 heterocycles. The van der Waals surface area contributed by atoms with Gasteiger partial charge < -0.3 is 15.0 Å². The Balaban J connectivity index is 1.98. The van der Waals surface area contributed by atoms with E-state index in [1.54, 1.807) is 0 Å². The molecule has 19 heavy (non-hydrogen) atoms. The van der Waals surface area contributed by atoms with E-state index in [1.807, 2.05) is 31.2 Å². The van der Waals surface area contributed by atoms with Crippen LogP contribution in [-0.4, -0.2) is 27.4 Å². The lowest BCUT2D eigenvalue weighted by atomic mass is 10.1. The summed E-state index contributed by atoms with van der Waals surface area (Å²) in [6.45, 7) is 3.42. The molecule has 0 saturated carbocycles. The molecule has 0 bridgehead atoms. The van der Waals surface area contributed by atoms with Crippen molar-refractivity contribution < 1.29 is 4.74 Å². The van der Waals surface area contributed by atoms with Crippen molar-refractivity contribution in [2.24, 2.45) is 5.73 Å². The van der Waals surface area contributed by atoms with E-state index in [0.717, 1.165) is 42.3 Å². The van der Waals surface area contributed by atoms with E-state index in [9.17, 15) is 0 Å². The molecule has 1 aliphatic heterocycles. The van der Waals surface area contributed by atoms with Crippen molar-refractivity contribution in [1.29, 1.82) is 0 Å². The Labute approximate surface area is 112 Å². The van der Waals surface area contributed by atoms with Gasteiger partial charge in [-0.15, -0.1) is 10.2 Å². The Hall–Kier alpha value is -1.88. The fourth-order valence-electron chi connectivity index (χ4n) is 2.46. The Morgan fingerprint density at radius 3 is 3.16 bits per heavy atom. The number of nitrogens with two attached hydrogens (primary N) is 1. The van der Waals surface area contributed by atoms with Gasteiger partial charge in [0.1, 0.15) is 11.6 Å². The smallest absolute Gasteiger partial charge is 0.164 e. The highest BCUT2D eigenvalue weighted by molar-refractivity contribution is 5.58. The quantitative estimate of drug-likeness (QED) is 0.908. The van der Waals surface area contributed by atoms with Gasteiger partial charge in [-0.3, -0.25) is 0 Å². The topological polar surface area (TPSA) is 66.0 Å². The first-order valence-corrected chi connectivity index (χ1v) is 6.69. The molecule has 2 N–H and O–H groups in total. The maximum absolute atomic E-state index is 6.03. The minimum absolute atomic E-state index is 0.192. The lowest BCUT2D eigenvalue weighted by Gasteiger charge is -2.20. The summed E-state index contributed by atoms with van der Waals surface area (Å²) in [5, 5.41) is 8.57. The van der Waals surface area contributed by atoms with Gasteiger partial charge in [-0.05, 0) is 25.5 Å². The highest BCUT2D eigenvalue weighted by Crippen LogP contribution is 2.25. The SMILES string of the molecule is CCOc1cccc(-c2nnc3n2CC(N)CC3)c1. The monoisotopic (exact) mass is 258 g/mol. The van der Waals surface area contributed by atoms with Gasteiger partial charge in [0, 0.05) is 24.6 Å². The molecule has 0 aliphatic carbocycles. The largest absolute Gasteiger partial charge is 0.494 e. The summed E-state index contributed by atoms with van der Waals surface area (Å²) in [5.41, 5.74) is 7.06. The molecular formula is C14H18N4O. The van der Waals surface area contributed by atoms with Gasteiger partial charge in [0.2, 0.25) is 0 Å². The molecule has 5 heteroatoms. The minimum Gasteiger partial charge on any atom is -0.494 e. The zero-order chi connectivity index (χ0) is 13.2. The molecule has 1 unspecified atom stereocenters. The van der Waals surface area contributed by atoms with Crippen molar-refractivity contribution in [3.63, 3.8) is 0 Å². The van der Waals surface area contributed by atoms with E-state index in [2.05, 4.69) is 14.8 Å². The van der Waals surface area contributed by atoms with E-state index in [1.165, 1.54) is 0 Å². The number of rotatable bonds is 3. The molecule has 0 amide bonds. The van der Waals surface area contributed by atoms with Crippen LogP contribution in [-0.2, 0) is 13.0 Å². The molecule has 1 atom stereocenters. The van der Waals surface area contributed by atoms with Crippen molar-refractivity contribution in [3.05, 3.63) is 30.1 Å². The highest BCUT2D eigenvalue weighted by Gasteiger charge is 2.21. The van der Waals surface area contributed by atoms with Crippen LogP contribution in [0.25, 0.3) is 11.4 Å². The Bertz CT molecular complexity index is 579. The molecule has 1 aliphatic rings. The zero-order valence-corrected chi connectivity index (χ0v) is 11.0. The second kappa shape index (κ2) is 5.01. The molecule has 0 fully saturated rings. The van der Waals surface area contributed by atoms with Gasteiger partial charge in [-0.1, -0.05) is 12.1 Å². The summed E-state index contributed by atoms with van der Waals surface area (Å²) in [5.74, 6) is 2.77. The van der Waals surface area contributed by atoms with E-state index in [0.29, 0.717) is 6.61 Å². The van der Waals surface area contributed by atoms with Crippen LogP contribution in [0.1, 0.15) is 19.2 Å². The van der Waals surface area contributed by atoms with Gasteiger partial charge in [0.25, 0.3) is 0 Å². The second-order valence-corrected chi connectivity index (χ2v) is 4.81. The summed E-state index contributed by atoms with van der Waals surface area (Å²) >= 11 is 0. The number of aromatic nitrogens is 3. The van der Waals surface area contributed by atoms with Crippen LogP contribution in [0, 0.1) is 0 Å². The Morgan fingerprint density at radius 2 is 2.32 bits per heavy atom. The highest BCUT2D eigenvalue weighted by atomic mass is 16.5. The average Bonchev–Trinajstić information content (AvgIpc) is 2.82. The van der Waals surface area contributed by atoms with E-state index >= 15 is 0 Å². The van der Waals surface area contributed by atoms with Crippen LogP contribution in [0.4, 0.5) is 0 Å². The number of hydrogen-bond donors (Lipinski definition) is 1. The van der Waals surface area contributed by atoms with Crippen molar-refractivity contribution in [2.45, 2.75) is 32.4 Å². The van der Waals surface area contributed by atoms with Crippen LogP contribution in [0.3, 0.4) is 0 Å². The summed E-state index contributed by atoms with van der Waals surface area (Å²) in [6.07, 6.45) is 1.89. The third-order valence-corrected chi connectivity index (χ3v) is 3.39. The van der Waals surface area contributed by atoms with Crippen LogP contribution < -0.4 is 10.5 Å². The summed E-state index contributed by atoms with van der Waals surface area (Å²) in [6, 6.07) is 8.15. The fraction of sp³-hybridized carbons (Fsp3) is 0.429. The first kappa shape index (κ1) is 12.2. The maximum Gasteiger partial charge on any atom is 0.164 e. The normalized spacial score (nSPS) is 18.1. The van der Waals surface area contributed by atoms with Gasteiger partial charge in [-0.2, -0.15) is 0 Å². The molecule has 0 saturated heterocycles. The molecule has 3 rings (SSSR count). The summed E-state index contributed by atoms with van der Waals surface area (Å²) in [4.78, 5) is 0. The first-order valence-electron chi connectivity index (χ1n) is 6.69. The lowest BCUT2D eigenvalue weighted by Crippen LogP contribution is -2.32. The number of ether oxygens (including phenoxy) is 1. The number of aryl methyl sites for hydroxylation is 1. The lowest BCUT2D eigenvalue weighted by molar-refractivity contribution is 0.340. The van der Waals surface area contributed by atoms with Crippen molar-refractivity contribution in [3.8, 4) is 17.1 Å². The zero-order valence-electron chi connectivity index (χ0n) is 11.0. The van der Waals surface area contributed by atoms with Gasteiger partial charge in [-0.25, -0.2) is 0 Å². The van der Waals surface area contributed by atoms with Crippen molar-refractivity contribution in [2.75, 3.05) is 6.61 Å². The van der Waals surface area contributed by atoms with E-state index in [-0.39, 0.29) is 6.04 Å². The van der Waals surface area contributed by atoms with Gasteiger partial charge >= 0.3 is 0 Å². The maximum atomic E-state index is 6.03.